The molecule has 0 aromatic carbocycles. The molecule has 0 atom stereocenters. The second-order valence-corrected chi connectivity index (χ2v) is 5.03. The molecule has 2 heterocycles. The Hall–Kier alpha value is -1.66. The average molecular weight is 263 g/mol. The number of rotatable bonds is 3. The molecule has 0 spiro atoms. The van der Waals surface area contributed by atoms with Crippen LogP contribution in [0.15, 0.2) is 18.3 Å². The summed E-state index contributed by atoms with van der Waals surface area (Å²) in [6.07, 6.45) is 1.66. The molecule has 6 heteroatoms. The number of carbonyl (C=O) groups excluding carboxylic acids is 1. The summed E-state index contributed by atoms with van der Waals surface area (Å²) in [5, 5.41) is 1.97. The maximum absolute atomic E-state index is 12.2. The number of amides is 1. The van der Waals surface area contributed by atoms with Gasteiger partial charge in [0.2, 0.25) is 0 Å². The summed E-state index contributed by atoms with van der Waals surface area (Å²) in [6.45, 7) is 3.65. The van der Waals surface area contributed by atoms with Gasteiger partial charge in [-0.15, -0.1) is 0 Å². The molecule has 6 nitrogen and oxygen atoms in total. The van der Waals surface area contributed by atoms with Gasteiger partial charge in [-0.3, -0.25) is 10.2 Å². The van der Waals surface area contributed by atoms with Crippen LogP contribution in [0.3, 0.4) is 0 Å². The molecule has 1 amide bonds. The Morgan fingerprint density at radius 1 is 1.32 bits per heavy atom. The Kier molecular flexibility index (Phi) is 4.34. The molecule has 0 aliphatic carbocycles. The summed E-state index contributed by atoms with van der Waals surface area (Å²) in [4.78, 5) is 20.5. The van der Waals surface area contributed by atoms with Crippen LogP contribution in [0, 0.1) is 0 Å². The zero-order valence-corrected chi connectivity index (χ0v) is 11.8. The van der Waals surface area contributed by atoms with Gasteiger partial charge in [-0.05, 0) is 19.2 Å². The zero-order valence-electron chi connectivity index (χ0n) is 11.8. The number of anilines is 1. The third kappa shape index (κ3) is 3.65. The summed E-state index contributed by atoms with van der Waals surface area (Å²) in [5.74, 6) is 0.709. The molecular weight excluding hydrogens is 242 g/mol. The molecule has 1 N–H and O–H groups in total. The summed E-state index contributed by atoms with van der Waals surface area (Å²) < 4.78 is 0. The van der Waals surface area contributed by atoms with Crippen LogP contribution in [0.2, 0.25) is 0 Å². The molecular formula is C13H21N5O. The van der Waals surface area contributed by atoms with Crippen LogP contribution in [0.5, 0.6) is 0 Å². The van der Waals surface area contributed by atoms with Crippen molar-refractivity contribution in [3.05, 3.63) is 23.9 Å². The minimum atomic E-state index is -0.0740. The third-order valence-electron chi connectivity index (χ3n) is 3.23. The van der Waals surface area contributed by atoms with Gasteiger partial charge in [0.1, 0.15) is 5.82 Å². The maximum Gasteiger partial charge on any atom is 0.265 e. The van der Waals surface area contributed by atoms with E-state index in [4.69, 9.17) is 0 Å². The molecule has 0 unspecified atom stereocenters. The largest absolute Gasteiger partial charge is 0.363 e. The molecule has 1 aliphatic heterocycles. The van der Waals surface area contributed by atoms with Crippen molar-refractivity contribution >= 4 is 11.7 Å². The summed E-state index contributed by atoms with van der Waals surface area (Å²) in [7, 11) is 5.90. The fourth-order valence-electron chi connectivity index (χ4n) is 1.93. The van der Waals surface area contributed by atoms with E-state index in [1.807, 2.05) is 24.0 Å². The van der Waals surface area contributed by atoms with E-state index in [-0.39, 0.29) is 5.91 Å². The highest BCUT2D eigenvalue weighted by molar-refractivity contribution is 5.94. The lowest BCUT2D eigenvalue weighted by atomic mass is 10.2. The molecule has 1 saturated heterocycles. The fraction of sp³-hybridized carbons (Fsp3) is 0.538. The number of piperazine rings is 1. The predicted molar refractivity (Wildman–Crippen MR) is 75.1 cm³/mol. The van der Waals surface area contributed by atoms with E-state index in [1.54, 1.807) is 18.3 Å². The Labute approximate surface area is 114 Å². The molecule has 0 radical (unpaired) electrons. The van der Waals surface area contributed by atoms with Crippen LogP contribution in [-0.2, 0) is 0 Å². The molecule has 1 aromatic heterocycles. The lowest BCUT2D eigenvalue weighted by Gasteiger charge is -2.32. The van der Waals surface area contributed by atoms with E-state index in [9.17, 15) is 4.79 Å². The van der Waals surface area contributed by atoms with Gasteiger partial charge in [-0.1, -0.05) is 0 Å². The Bertz CT molecular complexity index is 440. The van der Waals surface area contributed by atoms with Crippen molar-refractivity contribution in [2.45, 2.75) is 0 Å². The molecule has 1 fully saturated rings. The molecule has 2 rings (SSSR count). The normalized spacial score (nSPS) is 17.2. The number of nitrogens with zero attached hydrogens (tertiary/aromatic N) is 4. The first-order valence-corrected chi connectivity index (χ1v) is 6.44. The van der Waals surface area contributed by atoms with Crippen LogP contribution in [-0.4, -0.2) is 68.1 Å². The number of aromatic nitrogens is 1. The summed E-state index contributed by atoms with van der Waals surface area (Å²) >= 11 is 0. The van der Waals surface area contributed by atoms with Crippen LogP contribution >= 0.6 is 0 Å². The van der Waals surface area contributed by atoms with Gasteiger partial charge in [-0.25, -0.2) is 9.99 Å². The summed E-state index contributed by atoms with van der Waals surface area (Å²) in [5.41, 5.74) is 3.58. The van der Waals surface area contributed by atoms with E-state index in [2.05, 4.69) is 22.4 Å². The standard InChI is InChI=1S/C13H21N5O/c1-16(2)12-10-11(4-5-14-12)13(19)15-18-8-6-17(3)7-9-18/h4-5,10H,6-9H2,1-3H3,(H,15,19). The lowest BCUT2D eigenvalue weighted by molar-refractivity contribution is 0.0662. The number of nitrogens with one attached hydrogen (secondary N) is 1. The number of likely N-dealkylation sites (N-methyl/N-ethyl adjacent to an activating group) is 1. The Morgan fingerprint density at radius 3 is 2.63 bits per heavy atom. The number of hydrazine groups is 1. The summed E-state index contributed by atoms with van der Waals surface area (Å²) in [6, 6.07) is 3.53. The van der Waals surface area contributed by atoms with E-state index in [0.717, 1.165) is 32.0 Å². The molecule has 104 valence electrons. The van der Waals surface area contributed by atoms with Gasteiger partial charge < -0.3 is 9.80 Å². The van der Waals surface area contributed by atoms with E-state index >= 15 is 0 Å². The highest BCUT2D eigenvalue weighted by atomic mass is 16.2. The molecule has 0 saturated carbocycles. The van der Waals surface area contributed by atoms with Crippen molar-refractivity contribution in [2.24, 2.45) is 0 Å². The minimum Gasteiger partial charge on any atom is -0.363 e. The highest BCUT2D eigenvalue weighted by Gasteiger charge is 2.16. The predicted octanol–water partition coefficient (Wildman–Crippen LogP) is 0.0398. The van der Waals surface area contributed by atoms with Crippen LogP contribution in [0.25, 0.3) is 0 Å². The topological polar surface area (TPSA) is 51.7 Å². The van der Waals surface area contributed by atoms with Crippen molar-refractivity contribution < 1.29 is 4.79 Å². The van der Waals surface area contributed by atoms with Crippen molar-refractivity contribution in [1.82, 2.24) is 20.3 Å². The smallest absolute Gasteiger partial charge is 0.265 e. The monoisotopic (exact) mass is 263 g/mol. The number of pyridine rings is 1. The van der Waals surface area contributed by atoms with Crippen LogP contribution in [0.1, 0.15) is 10.4 Å². The number of carbonyl (C=O) groups is 1. The molecule has 1 aromatic rings. The van der Waals surface area contributed by atoms with Crippen molar-refractivity contribution in [3.63, 3.8) is 0 Å². The lowest BCUT2D eigenvalue weighted by Crippen LogP contribution is -2.52. The highest BCUT2D eigenvalue weighted by Crippen LogP contribution is 2.09. The maximum atomic E-state index is 12.2. The van der Waals surface area contributed by atoms with Gasteiger partial charge in [-0.2, -0.15) is 0 Å². The molecule has 19 heavy (non-hydrogen) atoms. The molecule has 1 aliphatic rings. The van der Waals surface area contributed by atoms with Crippen LogP contribution < -0.4 is 10.3 Å². The SMILES string of the molecule is CN1CCN(NC(=O)c2ccnc(N(C)C)c2)CC1. The van der Waals surface area contributed by atoms with Gasteiger partial charge in [0.05, 0.1) is 0 Å². The van der Waals surface area contributed by atoms with E-state index in [1.165, 1.54) is 0 Å². The van der Waals surface area contributed by atoms with Gasteiger partial charge in [0.15, 0.2) is 0 Å². The van der Waals surface area contributed by atoms with Gasteiger partial charge in [0.25, 0.3) is 5.91 Å². The Morgan fingerprint density at radius 2 is 2.00 bits per heavy atom. The van der Waals surface area contributed by atoms with Crippen molar-refractivity contribution in [1.29, 1.82) is 0 Å². The first kappa shape index (κ1) is 13.8. The fourth-order valence-corrected chi connectivity index (χ4v) is 1.93. The first-order valence-electron chi connectivity index (χ1n) is 6.44. The Balaban J connectivity index is 1.98. The van der Waals surface area contributed by atoms with E-state index < -0.39 is 0 Å². The quantitative estimate of drug-likeness (QED) is 0.834. The minimum absolute atomic E-state index is 0.0740. The second kappa shape index (κ2) is 5.99. The average Bonchev–Trinajstić information content (AvgIpc) is 2.41. The van der Waals surface area contributed by atoms with Crippen LogP contribution in [0.4, 0.5) is 5.82 Å². The van der Waals surface area contributed by atoms with E-state index in [0.29, 0.717) is 5.56 Å². The van der Waals surface area contributed by atoms with Crippen molar-refractivity contribution in [3.8, 4) is 0 Å². The second-order valence-electron chi connectivity index (χ2n) is 5.03. The van der Waals surface area contributed by atoms with Gasteiger partial charge in [0, 0.05) is 52.0 Å². The number of hydrogen-bond donors (Lipinski definition) is 1. The van der Waals surface area contributed by atoms with Crippen molar-refractivity contribution in [2.75, 3.05) is 52.2 Å². The first-order chi connectivity index (χ1) is 9.06. The van der Waals surface area contributed by atoms with Gasteiger partial charge >= 0.3 is 0 Å². The third-order valence-corrected chi connectivity index (χ3v) is 3.23. The number of hydrogen-bond acceptors (Lipinski definition) is 5. The zero-order chi connectivity index (χ0) is 13.8. The molecule has 0 bridgehead atoms.